The van der Waals surface area contributed by atoms with Crippen LogP contribution >= 0.6 is 0 Å². The summed E-state index contributed by atoms with van der Waals surface area (Å²) in [6, 6.07) is 0. The first-order valence-corrected chi connectivity index (χ1v) is 5.40. The minimum atomic E-state index is -0.419. The van der Waals surface area contributed by atoms with Crippen molar-refractivity contribution in [3.8, 4) is 0 Å². The molecular weight excluding hydrogens is 226 g/mol. The van der Waals surface area contributed by atoms with E-state index in [4.69, 9.17) is 15.0 Å². The van der Waals surface area contributed by atoms with Crippen LogP contribution in [0.3, 0.4) is 0 Å². The van der Waals surface area contributed by atoms with Crippen molar-refractivity contribution < 1.29 is 14.1 Å². The van der Waals surface area contributed by atoms with E-state index in [0.29, 0.717) is 31.6 Å². The van der Waals surface area contributed by atoms with Crippen molar-refractivity contribution in [1.82, 2.24) is 15.5 Å². The molecule has 0 spiro atoms. The second-order valence-corrected chi connectivity index (χ2v) is 3.66. The average molecular weight is 241 g/mol. The number of morpholine rings is 1. The molecule has 3 N–H and O–H groups in total. The molecule has 1 aliphatic heterocycles. The molecule has 0 aromatic carbocycles. The molecule has 1 amide bonds. The van der Waals surface area contributed by atoms with Gasteiger partial charge in [-0.2, -0.15) is 4.98 Å². The van der Waals surface area contributed by atoms with Gasteiger partial charge in [-0.3, -0.25) is 10.1 Å². The summed E-state index contributed by atoms with van der Waals surface area (Å²) in [5.74, 6) is 0.579. The van der Waals surface area contributed by atoms with Crippen LogP contribution < -0.4 is 16.0 Å². The summed E-state index contributed by atoms with van der Waals surface area (Å²) in [6.07, 6.45) is 0. The van der Waals surface area contributed by atoms with Crippen LogP contribution in [0, 0.1) is 0 Å². The molecule has 0 aliphatic carbocycles. The third-order valence-electron chi connectivity index (χ3n) is 2.33. The molecule has 8 nitrogen and oxygen atoms in total. The molecule has 8 heteroatoms. The molecule has 94 valence electrons. The molecule has 17 heavy (non-hydrogen) atoms. The Balaban J connectivity index is 1.84. The third-order valence-corrected chi connectivity index (χ3v) is 2.33. The van der Waals surface area contributed by atoms with Crippen molar-refractivity contribution in [2.24, 2.45) is 5.73 Å². The van der Waals surface area contributed by atoms with Gasteiger partial charge < -0.3 is 19.9 Å². The van der Waals surface area contributed by atoms with Crippen LogP contribution in [-0.2, 0) is 16.1 Å². The Morgan fingerprint density at radius 1 is 1.47 bits per heavy atom. The summed E-state index contributed by atoms with van der Waals surface area (Å²) in [5.41, 5.74) is 4.99. The minimum Gasteiger partial charge on any atom is -0.378 e. The van der Waals surface area contributed by atoms with E-state index in [0.717, 1.165) is 13.1 Å². The van der Waals surface area contributed by atoms with Gasteiger partial charge in [-0.05, 0) is 5.16 Å². The standard InChI is InChI=1S/C9H15N5O3/c10-7(15)5-11-6-8-12-9(13-17-8)14-1-3-16-4-2-14/h11H,1-6H2,(H2,10,15). The van der Waals surface area contributed by atoms with Crippen molar-refractivity contribution >= 4 is 11.9 Å². The lowest BCUT2D eigenvalue weighted by Crippen LogP contribution is -2.36. The number of rotatable bonds is 5. The summed E-state index contributed by atoms with van der Waals surface area (Å²) < 4.78 is 10.3. The number of carbonyl (C=O) groups excluding carboxylic acids is 1. The van der Waals surface area contributed by atoms with Crippen LogP contribution in [0.25, 0.3) is 0 Å². The van der Waals surface area contributed by atoms with Gasteiger partial charge in [0.05, 0.1) is 26.3 Å². The molecule has 1 fully saturated rings. The number of primary amides is 1. The van der Waals surface area contributed by atoms with Crippen LogP contribution in [0.15, 0.2) is 4.52 Å². The van der Waals surface area contributed by atoms with Crippen LogP contribution in [-0.4, -0.2) is 48.9 Å². The van der Waals surface area contributed by atoms with Crippen LogP contribution in [0.1, 0.15) is 5.89 Å². The number of ether oxygens (including phenoxy) is 1. The molecule has 0 bridgehead atoms. The molecule has 1 aromatic heterocycles. The van der Waals surface area contributed by atoms with Gasteiger partial charge in [0.15, 0.2) is 0 Å². The number of hydrogen-bond acceptors (Lipinski definition) is 7. The van der Waals surface area contributed by atoms with E-state index in [1.807, 2.05) is 4.90 Å². The first kappa shape index (κ1) is 11.8. The van der Waals surface area contributed by atoms with E-state index in [2.05, 4.69) is 15.5 Å². The zero-order chi connectivity index (χ0) is 12.1. The van der Waals surface area contributed by atoms with Crippen molar-refractivity contribution in [2.75, 3.05) is 37.7 Å². The Morgan fingerprint density at radius 3 is 2.94 bits per heavy atom. The molecule has 2 rings (SSSR count). The predicted molar refractivity (Wildman–Crippen MR) is 58.2 cm³/mol. The van der Waals surface area contributed by atoms with Gasteiger partial charge in [-0.1, -0.05) is 0 Å². The highest BCUT2D eigenvalue weighted by Gasteiger charge is 2.16. The maximum absolute atomic E-state index is 10.5. The average Bonchev–Trinajstić information content (AvgIpc) is 2.78. The second kappa shape index (κ2) is 5.60. The first-order chi connectivity index (χ1) is 8.25. The summed E-state index contributed by atoms with van der Waals surface area (Å²) in [6.45, 7) is 3.28. The quantitative estimate of drug-likeness (QED) is 0.644. The molecule has 1 saturated heterocycles. The number of hydrogen-bond donors (Lipinski definition) is 2. The van der Waals surface area contributed by atoms with Crippen molar-refractivity contribution in [3.63, 3.8) is 0 Å². The maximum Gasteiger partial charge on any atom is 0.266 e. The fraction of sp³-hybridized carbons (Fsp3) is 0.667. The fourth-order valence-electron chi connectivity index (χ4n) is 1.50. The van der Waals surface area contributed by atoms with Gasteiger partial charge in [0.1, 0.15) is 0 Å². The lowest BCUT2D eigenvalue weighted by molar-refractivity contribution is -0.117. The molecule has 1 aromatic rings. The van der Waals surface area contributed by atoms with Gasteiger partial charge in [0.2, 0.25) is 11.8 Å². The summed E-state index contributed by atoms with van der Waals surface area (Å²) in [5, 5.41) is 6.67. The van der Waals surface area contributed by atoms with Crippen molar-refractivity contribution in [1.29, 1.82) is 0 Å². The highest BCUT2D eigenvalue weighted by atomic mass is 16.5. The molecule has 0 unspecified atom stereocenters. The van der Waals surface area contributed by atoms with Gasteiger partial charge in [-0.15, -0.1) is 0 Å². The normalized spacial score (nSPS) is 16.1. The molecule has 0 atom stereocenters. The Bertz CT molecular complexity index is 374. The molecule has 0 radical (unpaired) electrons. The Kier molecular flexibility index (Phi) is 3.89. The van der Waals surface area contributed by atoms with E-state index < -0.39 is 5.91 Å². The Hall–Kier alpha value is -1.67. The highest BCUT2D eigenvalue weighted by molar-refractivity contribution is 5.75. The highest BCUT2D eigenvalue weighted by Crippen LogP contribution is 2.10. The number of aromatic nitrogens is 2. The Morgan fingerprint density at radius 2 is 2.24 bits per heavy atom. The molecule has 2 heterocycles. The van der Waals surface area contributed by atoms with Crippen LogP contribution in [0.2, 0.25) is 0 Å². The van der Waals surface area contributed by atoms with Gasteiger partial charge >= 0.3 is 0 Å². The van der Waals surface area contributed by atoms with Crippen LogP contribution in [0.5, 0.6) is 0 Å². The zero-order valence-electron chi connectivity index (χ0n) is 9.39. The second-order valence-electron chi connectivity index (χ2n) is 3.66. The summed E-state index contributed by atoms with van der Waals surface area (Å²) in [7, 11) is 0. The largest absolute Gasteiger partial charge is 0.378 e. The minimum absolute atomic E-state index is 0.0925. The first-order valence-electron chi connectivity index (χ1n) is 5.40. The van der Waals surface area contributed by atoms with Crippen molar-refractivity contribution in [2.45, 2.75) is 6.54 Å². The van der Waals surface area contributed by atoms with E-state index in [1.54, 1.807) is 0 Å². The third kappa shape index (κ3) is 3.40. The summed E-state index contributed by atoms with van der Waals surface area (Å²) >= 11 is 0. The lowest BCUT2D eigenvalue weighted by Gasteiger charge is -2.24. The van der Waals surface area contributed by atoms with Gasteiger partial charge in [0.25, 0.3) is 5.95 Å². The monoisotopic (exact) mass is 241 g/mol. The number of nitrogens with two attached hydrogens (primary N) is 1. The number of nitrogens with one attached hydrogen (secondary N) is 1. The summed E-state index contributed by atoms with van der Waals surface area (Å²) in [4.78, 5) is 16.7. The van der Waals surface area contributed by atoms with E-state index >= 15 is 0 Å². The van der Waals surface area contributed by atoms with E-state index in [9.17, 15) is 4.79 Å². The SMILES string of the molecule is NC(=O)CNCc1nc(N2CCOCC2)no1. The van der Waals surface area contributed by atoms with Crippen molar-refractivity contribution in [3.05, 3.63) is 5.89 Å². The number of nitrogens with zero attached hydrogens (tertiary/aromatic N) is 3. The van der Waals surface area contributed by atoms with Gasteiger partial charge in [0, 0.05) is 13.1 Å². The fourth-order valence-corrected chi connectivity index (χ4v) is 1.50. The predicted octanol–water partition coefficient (Wildman–Crippen LogP) is -1.52. The Labute approximate surface area is 98.1 Å². The lowest BCUT2D eigenvalue weighted by atomic mass is 10.4. The van der Waals surface area contributed by atoms with E-state index in [1.165, 1.54) is 0 Å². The topological polar surface area (TPSA) is 107 Å². The van der Waals surface area contributed by atoms with Gasteiger partial charge in [-0.25, -0.2) is 0 Å². The van der Waals surface area contributed by atoms with E-state index in [-0.39, 0.29) is 6.54 Å². The molecular formula is C9H15N5O3. The zero-order valence-corrected chi connectivity index (χ0v) is 9.39. The smallest absolute Gasteiger partial charge is 0.266 e. The number of amides is 1. The van der Waals surface area contributed by atoms with Crippen LogP contribution in [0.4, 0.5) is 5.95 Å². The maximum atomic E-state index is 10.5. The number of carbonyl (C=O) groups is 1. The molecule has 1 aliphatic rings. The number of anilines is 1. The molecule has 0 saturated carbocycles.